The van der Waals surface area contributed by atoms with E-state index in [0.29, 0.717) is 31.5 Å². The number of hydrogen-bond donors (Lipinski definition) is 0. The Morgan fingerprint density at radius 1 is 1.30 bits per heavy atom. The third-order valence-electron chi connectivity index (χ3n) is 3.65. The van der Waals surface area contributed by atoms with E-state index >= 15 is 0 Å². The van der Waals surface area contributed by atoms with Crippen LogP contribution in [0.15, 0.2) is 24.3 Å². The smallest absolute Gasteiger partial charge is 0.342 e. The maximum Gasteiger partial charge on any atom is 0.416 e. The zero-order valence-corrected chi connectivity index (χ0v) is 11.5. The summed E-state index contributed by atoms with van der Waals surface area (Å²) in [6.45, 7) is 1.10. The molecule has 0 bridgehead atoms. The van der Waals surface area contributed by atoms with E-state index in [-0.39, 0.29) is 17.7 Å². The van der Waals surface area contributed by atoms with Crippen LogP contribution in [0.4, 0.5) is 13.2 Å². The molecular weight excluding hydrogens is 291 g/mol. The van der Waals surface area contributed by atoms with Crippen molar-refractivity contribution in [3.05, 3.63) is 35.4 Å². The molecule has 0 aliphatic carbocycles. The first kappa shape index (κ1) is 15.2. The van der Waals surface area contributed by atoms with E-state index in [1.165, 1.54) is 12.1 Å². The Labute approximate surface area is 120 Å². The van der Waals surface area contributed by atoms with Crippen LogP contribution in [-0.4, -0.2) is 29.8 Å². The molecule has 1 heterocycles. The number of halogens is 4. The quantitative estimate of drug-likeness (QED) is 0.764. The molecule has 0 saturated carbocycles. The number of carbonyl (C=O) groups is 1. The number of benzene rings is 1. The van der Waals surface area contributed by atoms with Crippen LogP contribution < -0.4 is 0 Å². The molecule has 1 amide bonds. The molecule has 1 aliphatic rings. The van der Waals surface area contributed by atoms with Gasteiger partial charge < -0.3 is 4.90 Å². The fourth-order valence-electron chi connectivity index (χ4n) is 2.52. The Kier molecular flexibility index (Phi) is 4.58. The van der Waals surface area contributed by atoms with Crippen molar-refractivity contribution < 1.29 is 18.0 Å². The van der Waals surface area contributed by atoms with Gasteiger partial charge in [0.2, 0.25) is 5.91 Å². The molecule has 2 rings (SSSR count). The topological polar surface area (TPSA) is 20.3 Å². The summed E-state index contributed by atoms with van der Waals surface area (Å²) in [6, 6.07) is 5.45. The first-order valence-electron chi connectivity index (χ1n) is 6.42. The summed E-state index contributed by atoms with van der Waals surface area (Å²) in [5.41, 5.74) is 0.0760. The molecule has 0 unspecified atom stereocenters. The van der Waals surface area contributed by atoms with Crippen LogP contribution >= 0.6 is 11.6 Å². The van der Waals surface area contributed by atoms with Crippen LogP contribution in [-0.2, 0) is 11.0 Å². The summed E-state index contributed by atoms with van der Waals surface area (Å²) in [5.74, 6) is -0.0975. The van der Waals surface area contributed by atoms with Crippen molar-refractivity contribution in [2.24, 2.45) is 0 Å². The Bertz CT molecular complexity index is 482. The Morgan fingerprint density at radius 3 is 2.50 bits per heavy atom. The van der Waals surface area contributed by atoms with Crippen molar-refractivity contribution >= 4 is 17.5 Å². The molecule has 1 aromatic rings. The lowest BCUT2D eigenvalue weighted by Gasteiger charge is -2.32. The monoisotopic (exact) mass is 305 g/mol. The third kappa shape index (κ3) is 3.45. The van der Waals surface area contributed by atoms with Crippen molar-refractivity contribution in [2.75, 3.05) is 19.0 Å². The maximum absolute atomic E-state index is 12.7. The minimum absolute atomic E-state index is 0.0474. The number of piperidine rings is 1. The first-order chi connectivity index (χ1) is 9.41. The van der Waals surface area contributed by atoms with Gasteiger partial charge in [-0.2, -0.15) is 13.2 Å². The van der Waals surface area contributed by atoms with E-state index in [0.717, 1.165) is 6.07 Å². The standard InChI is InChI=1S/C14H15ClF3NO/c15-9-13(20)19-6-4-10(5-7-19)11-2-1-3-12(8-11)14(16,17)18/h1-3,8,10H,4-7,9H2. The van der Waals surface area contributed by atoms with Gasteiger partial charge in [-0.3, -0.25) is 4.79 Å². The van der Waals surface area contributed by atoms with Crippen LogP contribution in [0.2, 0.25) is 0 Å². The molecule has 1 aliphatic heterocycles. The minimum atomic E-state index is -4.31. The third-order valence-corrected chi connectivity index (χ3v) is 3.88. The molecule has 0 spiro atoms. The minimum Gasteiger partial charge on any atom is -0.342 e. The van der Waals surface area contributed by atoms with E-state index in [4.69, 9.17) is 11.6 Å². The van der Waals surface area contributed by atoms with Crippen molar-refractivity contribution in [1.82, 2.24) is 4.90 Å². The van der Waals surface area contributed by atoms with Gasteiger partial charge in [-0.15, -0.1) is 11.6 Å². The van der Waals surface area contributed by atoms with E-state index in [1.54, 1.807) is 11.0 Å². The Balaban J connectivity index is 2.06. The van der Waals surface area contributed by atoms with Gasteiger partial charge in [0, 0.05) is 13.1 Å². The molecule has 0 radical (unpaired) electrons. The number of rotatable bonds is 2. The molecule has 0 N–H and O–H groups in total. The summed E-state index contributed by atoms with van der Waals surface area (Å²) < 4.78 is 38.0. The number of likely N-dealkylation sites (tertiary alicyclic amines) is 1. The fourth-order valence-corrected chi connectivity index (χ4v) is 2.68. The lowest BCUT2D eigenvalue weighted by atomic mass is 9.88. The second-order valence-corrected chi connectivity index (χ2v) is 5.18. The summed E-state index contributed by atoms with van der Waals surface area (Å²) in [4.78, 5) is 13.1. The highest BCUT2D eigenvalue weighted by Gasteiger charge is 2.31. The highest BCUT2D eigenvalue weighted by atomic mass is 35.5. The predicted molar refractivity (Wildman–Crippen MR) is 70.7 cm³/mol. The van der Waals surface area contributed by atoms with Crippen LogP contribution in [0.1, 0.15) is 29.9 Å². The molecule has 1 saturated heterocycles. The van der Waals surface area contributed by atoms with Crippen LogP contribution in [0, 0.1) is 0 Å². The number of carbonyl (C=O) groups excluding carboxylic acids is 1. The van der Waals surface area contributed by atoms with Crippen molar-refractivity contribution in [3.8, 4) is 0 Å². The van der Waals surface area contributed by atoms with Crippen LogP contribution in [0.5, 0.6) is 0 Å². The van der Waals surface area contributed by atoms with Gasteiger partial charge in [0.05, 0.1) is 5.56 Å². The van der Waals surface area contributed by atoms with Gasteiger partial charge in [0.1, 0.15) is 5.88 Å². The van der Waals surface area contributed by atoms with Gasteiger partial charge in [-0.1, -0.05) is 18.2 Å². The average molecular weight is 306 g/mol. The molecule has 0 aromatic heterocycles. The van der Waals surface area contributed by atoms with Gasteiger partial charge in [0.15, 0.2) is 0 Å². The van der Waals surface area contributed by atoms with Crippen molar-refractivity contribution in [2.45, 2.75) is 24.9 Å². The van der Waals surface area contributed by atoms with E-state index < -0.39 is 11.7 Å². The predicted octanol–water partition coefficient (Wildman–Crippen LogP) is 3.65. The molecule has 20 heavy (non-hydrogen) atoms. The molecule has 6 heteroatoms. The zero-order valence-electron chi connectivity index (χ0n) is 10.8. The summed E-state index contributed by atoms with van der Waals surface area (Å²) in [6.07, 6.45) is -2.97. The van der Waals surface area contributed by atoms with Gasteiger partial charge in [-0.05, 0) is 30.4 Å². The molecule has 0 atom stereocenters. The van der Waals surface area contributed by atoms with Crippen LogP contribution in [0.3, 0.4) is 0 Å². The van der Waals surface area contributed by atoms with Crippen LogP contribution in [0.25, 0.3) is 0 Å². The van der Waals surface area contributed by atoms with Gasteiger partial charge in [-0.25, -0.2) is 0 Å². The van der Waals surface area contributed by atoms with Gasteiger partial charge >= 0.3 is 6.18 Å². The SMILES string of the molecule is O=C(CCl)N1CCC(c2cccc(C(F)(F)F)c2)CC1. The molecule has 1 fully saturated rings. The van der Waals surface area contributed by atoms with Crippen molar-refractivity contribution in [1.29, 1.82) is 0 Å². The molecular formula is C14H15ClF3NO. The maximum atomic E-state index is 12.7. The largest absolute Gasteiger partial charge is 0.416 e. The fraction of sp³-hybridized carbons (Fsp3) is 0.500. The van der Waals surface area contributed by atoms with Crippen molar-refractivity contribution in [3.63, 3.8) is 0 Å². The summed E-state index contributed by atoms with van der Waals surface area (Å²) in [7, 11) is 0. The highest BCUT2D eigenvalue weighted by molar-refractivity contribution is 6.27. The van der Waals surface area contributed by atoms with E-state index in [1.807, 2.05) is 0 Å². The van der Waals surface area contributed by atoms with E-state index in [9.17, 15) is 18.0 Å². The number of hydrogen-bond acceptors (Lipinski definition) is 1. The highest BCUT2D eigenvalue weighted by Crippen LogP contribution is 2.34. The Morgan fingerprint density at radius 2 is 1.95 bits per heavy atom. The number of alkyl halides is 4. The molecule has 110 valence electrons. The normalized spacial score (nSPS) is 17.3. The lowest BCUT2D eigenvalue weighted by molar-refractivity contribution is -0.137. The summed E-state index contributed by atoms with van der Waals surface area (Å²) >= 11 is 5.49. The zero-order chi connectivity index (χ0) is 14.8. The first-order valence-corrected chi connectivity index (χ1v) is 6.96. The molecule has 2 nitrogen and oxygen atoms in total. The number of amides is 1. The second kappa shape index (κ2) is 6.04. The van der Waals surface area contributed by atoms with Gasteiger partial charge in [0.25, 0.3) is 0 Å². The van der Waals surface area contributed by atoms with E-state index in [2.05, 4.69) is 0 Å². The number of nitrogens with zero attached hydrogens (tertiary/aromatic N) is 1. The molecule has 1 aromatic carbocycles. The average Bonchev–Trinajstić information content (AvgIpc) is 2.46. The summed E-state index contributed by atoms with van der Waals surface area (Å²) in [5, 5.41) is 0. The second-order valence-electron chi connectivity index (χ2n) is 4.91. The lowest BCUT2D eigenvalue weighted by Crippen LogP contribution is -2.38. The Hall–Kier alpha value is -1.23.